The van der Waals surface area contributed by atoms with Crippen molar-refractivity contribution in [2.24, 2.45) is 0 Å². The molecule has 0 amide bonds. The van der Waals surface area contributed by atoms with E-state index in [0.29, 0.717) is 11.3 Å². The average molecular weight is 184 g/mol. The van der Waals surface area contributed by atoms with E-state index in [4.69, 9.17) is 4.74 Å². The molecular formula is C10H13FO2. The Morgan fingerprint density at radius 3 is 2.77 bits per heavy atom. The molecule has 0 saturated heterocycles. The van der Waals surface area contributed by atoms with E-state index < -0.39 is 12.8 Å². The quantitative estimate of drug-likeness (QED) is 0.778. The zero-order valence-corrected chi connectivity index (χ0v) is 7.75. The second kappa shape index (κ2) is 4.23. The number of hydrogen-bond donors (Lipinski definition) is 1. The molecule has 0 aliphatic carbocycles. The molecule has 3 heteroatoms. The fourth-order valence-corrected chi connectivity index (χ4v) is 1.18. The monoisotopic (exact) mass is 184 g/mol. The predicted molar refractivity (Wildman–Crippen MR) is 48.7 cm³/mol. The summed E-state index contributed by atoms with van der Waals surface area (Å²) in [5.41, 5.74) is 1.52. The number of ether oxygens (including phenoxy) is 1. The average Bonchev–Trinajstić information content (AvgIpc) is 2.16. The summed E-state index contributed by atoms with van der Waals surface area (Å²) in [4.78, 5) is 0. The standard InChI is InChI=1S/C10H13FO2/c1-7-3-4-8(9(12)6-11)10(5-7)13-2/h3-5,9,12H,6H2,1-2H3. The zero-order valence-electron chi connectivity index (χ0n) is 7.75. The number of hydrogen-bond acceptors (Lipinski definition) is 2. The first-order valence-corrected chi connectivity index (χ1v) is 4.07. The molecule has 0 aliphatic rings. The lowest BCUT2D eigenvalue weighted by Crippen LogP contribution is -2.02. The van der Waals surface area contributed by atoms with Gasteiger partial charge in [0.1, 0.15) is 18.5 Å². The number of benzene rings is 1. The highest BCUT2D eigenvalue weighted by Gasteiger charge is 2.12. The first kappa shape index (κ1) is 9.99. The van der Waals surface area contributed by atoms with Crippen LogP contribution in [-0.2, 0) is 0 Å². The Kier molecular flexibility index (Phi) is 3.25. The lowest BCUT2D eigenvalue weighted by Gasteiger charge is -2.12. The molecule has 1 aromatic carbocycles. The summed E-state index contributed by atoms with van der Waals surface area (Å²) in [6.45, 7) is 1.12. The smallest absolute Gasteiger partial charge is 0.125 e. The van der Waals surface area contributed by atoms with Crippen LogP contribution in [0, 0.1) is 6.92 Å². The van der Waals surface area contributed by atoms with Gasteiger partial charge in [-0.15, -0.1) is 0 Å². The largest absolute Gasteiger partial charge is 0.496 e. The van der Waals surface area contributed by atoms with Gasteiger partial charge in [-0.05, 0) is 18.6 Å². The van der Waals surface area contributed by atoms with Gasteiger partial charge in [0.15, 0.2) is 0 Å². The Hall–Kier alpha value is -1.09. The van der Waals surface area contributed by atoms with Crippen LogP contribution < -0.4 is 4.74 Å². The molecule has 0 aromatic heterocycles. The van der Waals surface area contributed by atoms with Crippen molar-refractivity contribution in [2.45, 2.75) is 13.0 Å². The molecule has 1 unspecified atom stereocenters. The summed E-state index contributed by atoms with van der Waals surface area (Å²) in [6.07, 6.45) is -1.09. The van der Waals surface area contributed by atoms with Gasteiger partial charge in [0, 0.05) is 5.56 Å². The summed E-state index contributed by atoms with van der Waals surface area (Å²) < 4.78 is 17.2. The molecule has 13 heavy (non-hydrogen) atoms. The Morgan fingerprint density at radius 1 is 1.54 bits per heavy atom. The van der Waals surface area contributed by atoms with Gasteiger partial charge in [0.05, 0.1) is 7.11 Å². The molecule has 0 spiro atoms. The van der Waals surface area contributed by atoms with Crippen molar-refractivity contribution < 1.29 is 14.2 Å². The summed E-state index contributed by atoms with van der Waals surface area (Å²) in [7, 11) is 1.50. The lowest BCUT2D eigenvalue weighted by atomic mass is 10.1. The number of alkyl halides is 1. The summed E-state index contributed by atoms with van der Waals surface area (Å²) >= 11 is 0. The zero-order chi connectivity index (χ0) is 9.84. The third-order valence-corrected chi connectivity index (χ3v) is 1.89. The minimum atomic E-state index is -1.09. The second-order valence-electron chi connectivity index (χ2n) is 2.92. The fourth-order valence-electron chi connectivity index (χ4n) is 1.18. The Bertz CT molecular complexity index is 286. The van der Waals surface area contributed by atoms with Crippen molar-refractivity contribution in [3.05, 3.63) is 29.3 Å². The second-order valence-corrected chi connectivity index (χ2v) is 2.92. The van der Waals surface area contributed by atoms with Crippen LogP contribution in [0.3, 0.4) is 0 Å². The molecule has 1 rings (SSSR count). The SMILES string of the molecule is COc1cc(C)ccc1C(O)CF. The van der Waals surface area contributed by atoms with Crippen LogP contribution in [0.4, 0.5) is 4.39 Å². The van der Waals surface area contributed by atoms with Gasteiger partial charge in [-0.1, -0.05) is 12.1 Å². The van der Waals surface area contributed by atoms with Crippen molar-refractivity contribution in [1.29, 1.82) is 0 Å². The van der Waals surface area contributed by atoms with E-state index in [-0.39, 0.29) is 0 Å². The van der Waals surface area contributed by atoms with E-state index >= 15 is 0 Å². The highest BCUT2D eigenvalue weighted by Crippen LogP contribution is 2.26. The summed E-state index contributed by atoms with van der Waals surface area (Å²) in [6, 6.07) is 5.27. The van der Waals surface area contributed by atoms with Crippen LogP contribution >= 0.6 is 0 Å². The molecule has 72 valence electrons. The minimum absolute atomic E-state index is 0.496. The molecular weight excluding hydrogens is 171 g/mol. The van der Waals surface area contributed by atoms with Crippen LogP contribution in [0.5, 0.6) is 5.75 Å². The van der Waals surface area contributed by atoms with Crippen molar-refractivity contribution >= 4 is 0 Å². The van der Waals surface area contributed by atoms with E-state index in [9.17, 15) is 9.50 Å². The maximum atomic E-state index is 12.2. The van der Waals surface area contributed by atoms with E-state index in [1.165, 1.54) is 7.11 Å². The molecule has 1 atom stereocenters. The van der Waals surface area contributed by atoms with Gasteiger partial charge in [0.2, 0.25) is 0 Å². The molecule has 1 aromatic rings. The molecule has 0 fully saturated rings. The molecule has 0 radical (unpaired) electrons. The van der Waals surface area contributed by atoms with Crippen molar-refractivity contribution in [3.63, 3.8) is 0 Å². The molecule has 1 N–H and O–H groups in total. The number of methoxy groups -OCH3 is 1. The number of rotatable bonds is 3. The van der Waals surface area contributed by atoms with Gasteiger partial charge in [-0.3, -0.25) is 0 Å². The highest BCUT2D eigenvalue weighted by molar-refractivity contribution is 5.38. The lowest BCUT2D eigenvalue weighted by molar-refractivity contribution is 0.138. The summed E-state index contributed by atoms with van der Waals surface area (Å²) in [5.74, 6) is 0.533. The van der Waals surface area contributed by atoms with Crippen molar-refractivity contribution in [1.82, 2.24) is 0 Å². The summed E-state index contributed by atoms with van der Waals surface area (Å²) in [5, 5.41) is 9.28. The van der Waals surface area contributed by atoms with Gasteiger partial charge >= 0.3 is 0 Å². The molecule has 0 bridgehead atoms. The van der Waals surface area contributed by atoms with Crippen molar-refractivity contribution in [3.8, 4) is 5.75 Å². The van der Waals surface area contributed by atoms with Crippen LogP contribution in [0.2, 0.25) is 0 Å². The molecule has 2 nitrogen and oxygen atoms in total. The maximum Gasteiger partial charge on any atom is 0.125 e. The van der Waals surface area contributed by atoms with Gasteiger partial charge < -0.3 is 9.84 Å². The minimum Gasteiger partial charge on any atom is -0.496 e. The van der Waals surface area contributed by atoms with Crippen LogP contribution in [0.25, 0.3) is 0 Å². The third-order valence-electron chi connectivity index (χ3n) is 1.89. The normalized spacial score (nSPS) is 12.6. The first-order valence-electron chi connectivity index (χ1n) is 4.07. The van der Waals surface area contributed by atoms with E-state index in [1.807, 2.05) is 13.0 Å². The predicted octanol–water partition coefficient (Wildman–Crippen LogP) is 2.01. The third kappa shape index (κ3) is 2.18. The van der Waals surface area contributed by atoms with Crippen LogP contribution in [-0.4, -0.2) is 18.9 Å². The van der Waals surface area contributed by atoms with Gasteiger partial charge in [-0.25, -0.2) is 4.39 Å². The number of aliphatic hydroxyl groups excluding tert-OH is 1. The molecule has 0 aliphatic heterocycles. The Morgan fingerprint density at radius 2 is 2.23 bits per heavy atom. The van der Waals surface area contributed by atoms with Crippen LogP contribution in [0.15, 0.2) is 18.2 Å². The van der Waals surface area contributed by atoms with Crippen LogP contribution in [0.1, 0.15) is 17.2 Å². The van der Waals surface area contributed by atoms with Crippen molar-refractivity contribution in [2.75, 3.05) is 13.8 Å². The van der Waals surface area contributed by atoms with E-state index in [0.717, 1.165) is 5.56 Å². The Balaban J connectivity index is 3.05. The number of halogens is 1. The number of aryl methyl sites for hydroxylation is 1. The Labute approximate surface area is 77.0 Å². The van der Waals surface area contributed by atoms with Gasteiger partial charge in [0.25, 0.3) is 0 Å². The topological polar surface area (TPSA) is 29.5 Å². The van der Waals surface area contributed by atoms with E-state index in [2.05, 4.69) is 0 Å². The number of aliphatic hydroxyl groups is 1. The first-order chi connectivity index (χ1) is 6.19. The van der Waals surface area contributed by atoms with E-state index in [1.54, 1.807) is 12.1 Å². The fraction of sp³-hybridized carbons (Fsp3) is 0.400. The molecule has 0 heterocycles. The molecule has 0 saturated carbocycles. The highest BCUT2D eigenvalue weighted by atomic mass is 19.1. The maximum absolute atomic E-state index is 12.2. The van der Waals surface area contributed by atoms with Gasteiger partial charge in [-0.2, -0.15) is 0 Å².